The first-order chi connectivity index (χ1) is 17.8. The highest BCUT2D eigenvalue weighted by Gasteiger charge is 2.73. The number of ether oxygens (including phenoxy) is 1. The maximum Gasteiger partial charge on any atom is 0.246 e. The molecule has 2 aromatic carbocycles. The zero-order chi connectivity index (χ0) is 25.5. The molecule has 1 spiro atoms. The van der Waals surface area contributed by atoms with Crippen molar-refractivity contribution in [2.45, 2.75) is 67.7 Å². The van der Waals surface area contributed by atoms with Crippen LogP contribution < -0.4 is 4.74 Å². The molecule has 7 rings (SSSR count). The summed E-state index contributed by atoms with van der Waals surface area (Å²) >= 11 is 6.10. The Bertz CT molecular complexity index is 1310. The number of rotatable bonds is 5. The third-order valence-electron chi connectivity index (χ3n) is 9.84. The molecule has 7 heteroatoms. The number of carbonyl (C=O) groups is 1. The van der Waals surface area contributed by atoms with Gasteiger partial charge in [0, 0.05) is 36.3 Å². The van der Waals surface area contributed by atoms with Crippen molar-refractivity contribution in [3.05, 3.63) is 64.2 Å². The summed E-state index contributed by atoms with van der Waals surface area (Å²) in [6.07, 6.45) is 8.30. The number of phenols is 1. The normalized spacial score (nSPS) is 33.8. The molecule has 1 saturated heterocycles. The van der Waals surface area contributed by atoms with E-state index >= 15 is 0 Å². The van der Waals surface area contributed by atoms with E-state index in [2.05, 4.69) is 4.90 Å². The summed E-state index contributed by atoms with van der Waals surface area (Å²) in [5.74, 6) is 1.26. The average Bonchev–Trinajstić information content (AvgIpc) is 3.62. The Labute approximate surface area is 222 Å². The first-order valence-electron chi connectivity index (χ1n) is 13.5. The molecule has 194 valence electrons. The third kappa shape index (κ3) is 3.35. The Morgan fingerprint density at radius 1 is 1.24 bits per heavy atom. The van der Waals surface area contributed by atoms with Crippen LogP contribution in [0.5, 0.6) is 11.5 Å². The molecule has 2 aromatic rings. The van der Waals surface area contributed by atoms with Crippen LogP contribution in [-0.4, -0.2) is 69.8 Å². The molecule has 1 amide bonds. The van der Waals surface area contributed by atoms with Crippen molar-refractivity contribution >= 4 is 23.6 Å². The second-order valence-corrected chi connectivity index (χ2v) is 12.2. The summed E-state index contributed by atoms with van der Waals surface area (Å²) < 4.78 is 6.60. The number of likely N-dealkylation sites (tertiary alicyclic amines) is 1. The Morgan fingerprint density at radius 3 is 2.86 bits per heavy atom. The topological polar surface area (TPSA) is 73.2 Å². The quantitative estimate of drug-likeness (QED) is 0.579. The van der Waals surface area contributed by atoms with Gasteiger partial charge in [-0.25, -0.2) is 0 Å². The van der Waals surface area contributed by atoms with Crippen molar-refractivity contribution in [1.82, 2.24) is 9.80 Å². The largest absolute Gasteiger partial charge is 0.504 e. The minimum Gasteiger partial charge on any atom is -0.504 e. The third-order valence-corrected chi connectivity index (χ3v) is 10.1. The van der Waals surface area contributed by atoms with Crippen LogP contribution in [0.2, 0.25) is 5.02 Å². The van der Waals surface area contributed by atoms with Gasteiger partial charge in [-0.05, 0) is 86.4 Å². The molecule has 0 radical (unpaired) electrons. The molecule has 2 heterocycles. The number of hydrogen-bond acceptors (Lipinski definition) is 5. The maximum atomic E-state index is 13.4. The second kappa shape index (κ2) is 8.23. The lowest BCUT2D eigenvalue weighted by molar-refractivity contribution is -0.200. The fourth-order valence-electron chi connectivity index (χ4n) is 7.91. The van der Waals surface area contributed by atoms with Crippen molar-refractivity contribution in [1.29, 1.82) is 0 Å². The van der Waals surface area contributed by atoms with Crippen LogP contribution >= 0.6 is 11.6 Å². The first-order valence-corrected chi connectivity index (χ1v) is 13.9. The van der Waals surface area contributed by atoms with E-state index in [1.807, 2.05) is 37.4 Å². The number of hydrogen-bond donors (Lipinski definition) is 2. The molecule has 5 atom stereocenters. The van der Waals surface area contributed by atoms with E-state index in [4.69, 9.17) is 16.3 Å². The molecule has 2 saturated carbocycles. The lowest BCUT2D eigenvalue weighted by Gasteiger charge is -2.64. The highest BCUT2D eigenvalue weighted by atomic mass is 35.5. The highest BCUT2D eigenvalue weighted by molar-refractivity contribution is 6.30. The minimum atomic E-state index is -0.951. The summed E-state index contributed by atoms with van der Waals surface area (Å²) in [4.78, 5) is 17.6. The van der Waals surface area contributed by atoms with Gasteiger partial charge < -0.3 is 19.8 Å². The summed E-state index contributed by atoms with van der Waals surface area (Å²) in [6.45, 7) is 1.95. The number of aromatic hydroxyl groups is 1. The molecule has 2 bridgehead atoms. The van der Waals surface area contributed by atoms with Gasteiger partial charge in [0.15, 0.2) is 11.5 Å². The van der Waals surface area contributed by atoms with Gasteiger partial charge in [0.25, 0.3) is 0 Å². The molecule has 6 nitrogen and oxygen atoms in total. The van der Waals surface area contributed by atoms with Crippen molar-refractivity contribution in [2.24, 2.45) is 5.92 Å². The fourth-order valence-corrected chi connectivity index (χ4v) is 8.11. The van der Waals surface area contributed by atoms with E-state index in [1.54, 1.807) is 23.1 Å². The predicted molar refractivity (Wildman–Crippen MR) is 142 cm³/mol. The second-order valence-electron chi connectivity index (χ2n) is 11.7. The van der Waals surface area contributed by atoms with Gasteiger partial charge in [-0.1, -0.05) is 29.8 Å². The maximum absolute atomic E-state index is 13.4. The molecule has 0 unspecified atom stereocenters. The minimum absolute atomic E-state index is 0.0284. The Kier molecular flexibility index (Phi) is 5.24. The van der Waals surface area contributed by atoms with Gasteiger partial charge in [-0.3, -0.25) is 9.69 Å². The monoisotopic (exact) mass is 520 g/mol. The Balaban J connectivity index is 1.25. The van der Waals surface area contributed by atoms with Crippen molar-refractivity contribution in [2.75, 3.05) is 20.1 Å². The predicted octanol–water partition coefficient (Wildman–Crippen LogP) is 4.15. The van der Waals surface area contributed by atoms with Crippen molar-refractivity contribution in [3.8, 4) is 11.5 Å². The standard InChI is InChI=1S/C30H33ClN2O4/c1-32(25(35)10-7-18-3-2-4-21(31)15-18)22-11-12-30(36)24-16-20-8-9-23(34)27-26(20)29(30,28(22)37-27)13-14-33(24)17-19-5-6-19/h2-4,7-10,15,19,22,24,28,34,36H,5-6,11-14,16-17H2,1H3/b10-7+/t22-,24-,28+,29+,30-/m1/s1. The summed E-state index contributed by atoms with van der Waals surface area (Å²) in [5.41, 5.74) is 1.44. The zero-order valence-electron chi connectivity index (χ0n) is 21.1. The van der Waals surface area contributed by atoms with Crippen molar-refractivity contribution < 1.29 is 19.7 Å². The number of carbonyl (C=O) groups excluding carboxylic acids is 1. The fraction of sp³-hybridized carbons (Fsp3) is 0.500. The van der Waals surface area contributed by atoms with Crippen LogP contribution in [0.3, 0.4) is 0 Å². The van der Waals surface area contributed by atoms with Crippen LogP contribution in [0.25, 0.3) is 6.08 Å². The van der Waals surface area contributed by atoms with Crippen LogP contribution in [0, 0.1) is 5.92 Å². The summed E-state index contributed by atoms with van der Waals surface area (Å²) in [5, 5.41) is 24.0. The van der Waals surface area contributed by atoms with Gasteiger partial charge >= 0.3 is 0 Å². The molecule has 2 aliphatic heterocycles. The van der Waals surface area contributed by atoms with E-state index < -0.39 is 17.1 Å². The van der Waals surface area contributed by atoms with Gasteiger partial charge in [-0.2, -0.15) is 0 Å². The van der Waals surface area contributed by atoms with E-state index in [0.29, 0.717) is 23.6 Å². The smallest absolute Gasteiger partial charge is 0.246 e. The number of phenolic OH excluding ortho intramolecular Hbond substituents is 1. The van der Waals surface area contributed by atoms with Crippen molar-refractivity contribution in [3.63, 3.8) is 0 Å². The Hall–Kier alpha value is -2.54. The van der Waals surface area contributed by atoms with Crippen LogP contribution in [0.4, 0.5) is 0 Å². The molecule has 2 N–H and O–H groups in total. The Morgan fingerprint density at radius 2 is 2.08 bits per heavy atom. The highest BCUT2D eigenvalue weighted by Crippen LogP contribution is 2.66. The van der Waals surface area contributed by atoms with E-state index in [-0.39, 0.29) is 23.7 Å². The van der Waals surface area contributed by atoms with Crippen LogP contribution in [0.1, 0.15) is 48.8 Å². The average molecular weight is 521 g/mol. The molecular formula is C30H33ClN2O4. The summed E-state index contributed by atoms with van der Waals surface area (Å²) in [7, 11) is 1.83. The number of nitrogens with zero attached hydrogens (tertiary/aromatic N) is 2. The summed E-state index contributed by atoms with van der Waals surface area (Å²) in [6, 6.07) is 11.0. The number of benzene rings is 2. The molecule has 5 aliphatic rings. The van der Waals surface area contributed by atoms with Crippen LogP contribution in [0.15, 0.2) is 42.5 Å². The van der Waals surface area contributed by atoms with E-state index in [1.165, 1.54) is 18.4 Å². The zero-order valence-corrected chi connectivity index (χ0v) is 21.8. The lowest BCUT2D eigenvalue weighted by atomic mass is 9.48. The molecule has 37 heavy (non-hydrogen) atoms. The number of amides is 1. The SMILES string of the molecule is CN(C(=O)/C=C/c1cccc(Cl)c1)[C@@H]1CC[C@@]2(O)[C@H]3Cc4ccc(O)c5c4[C@@]2(CCN3CC2CC2)[C@H]1O5. The van der Waals surface area contributed by atoms with Crippen LogP contribution in [-0.2, 0) is 16.6 Å². The number of halogens is 1. The van der Waals surface area contributed by atoms with Gasteiger partial charge in [-0.15, -0.1) is 0 Å². The van der Waals surface area contributed by atoms with Gasteiger partial charge in [0.2, 0.25) is 5.91 Å². The molecule has 3 aliphatic carbocycles. The molecular weight excluding hydrogens is 488 g/mol. The lowest BCUT2D eigenvalue weighted by Crippen LogP contribution is -2.78. The number of likely N-dealkylation sites (N-methyl/N-ethyl adjacent to an activating group) is 1. The van der Waals surface area contributed by atoms with E-state index in [9.17, 15) is 15.0 Å². The molecule has 0 aromatic heterocycles. The molecule has 3 fully saturated rings. The van der Waals surface area contributed by atoms with E-state index in [0.717, 1.165) is 43.0 Å². The van der Waals surface area contributed by atoms with Gasteiger partial charge in [0.1, 0.15) is 6.10 Å². The number of aliphatic hydroxyl groups is 1. The number of piperidine rings is 1. The first kappa shape index (κ1) is 23.6. The van der Waals surface area contributed by atoms with Gasteiger partial charge in [0.05, 0.1) is 17.1 Å².